The summed E-state index contributed by atoms with van der Waals surface area (Å²) < 4.78 is 8.81. The zero-order valence-electron chi connectivity index (χ0n) is 26.4. The molecule has 0 radical (unpaired) electrons. The maximum Gasteiger partial charge on any atom is 0.316 e. The first-order valence-corrected chi connectivity index (χ1v) is 15.6. The lowest BCUT2D eigenvalue weighted by Gasteiger charge is -2.38. The minimum atomic E-state index is -1.34. The second-order valence-electron chi connectivity index (χ2n) is 13.6. The quantitative estimate of drug-likeness (QED) is 0.124. The molecule has 3 rings (SSSR count). The van der Waals surface area contributed by atoms with Crippen LogP contribution in [0.4, 0.5) is 4.79 Å². The van der Waals surface area contributed by atoms with E-state index in [1.807, 2.05) is 0 Å². The molecular weight excluding hydrogens is 633 g/mol. The number of likely N-dealkylation sites (tertiary alicyclic amines) is 1. The van der Waals surface area contributed by atoms with E-state index in [0.29, 0.717) is 0 Å². The van der Waals surface area contributed by atoms with E-state index in [1.54, 1.807) is 20.8 Å². The second kappa shape index (κ2) is 13.7. The highest BCUT2D eigenvalue weighted by Crippen LogP contribution is 2.65. The van der Waals surface area contributed by atoms with Gasteiger partial charge in [0.1, 0.15) is 35.2 Å². The first kappa shape index (κ1) is 36.3. The molecule has 0 aromatic rings. The van der Waals surface area contributed by atoms with Gasteiger partial charge in [0, 0.05) is 32.2 Å². The summed E-state index contributed by atoms with van der Waals surface area (Å²) in [5.41, 5.74) is 3.04. The summed E-state index contributed by atoms with van der Waals surface area (Å²) >= 11 is 12.9. The van der Waals surface area contributed by atoms with Crippen LogP contribution in [0.2, 0.25) is 0 Å². The Labute approximate surface area is 272 Å². The number of nitrogens with two attached hydrogens (primary N) is 1. The fourth-order valence-corrected chi connectivity index (χ4v) is 6.57. The van der Waals surface area contributed by atoms with Gasteiger partial charge in [-0.3, -0.25) is 28.8 Å². The van der Waals surface area contributed by atoms with Crippen LogP contribution in [0.1, 0.15) is 67.2 Å². The zero-order valence-corrected chi connectivity index (χ0v) is 27.9. The minimum Gasteiger partial charge on any atom is -0.463 e. The van der Waals surface area contributed by atoms with Gasteiger partial charge in [-0.05, 0) is 24.7 Å². The summed E-state index contributed by atoms with van der Waals surface area (Å²) in [4.78, 5) is 89.6. The number of esters is 2. The Hall–Kier alpha value is -3.13. The van der Waals surface area contributed by atoms with Crippen LogP contribution < -0.4 is 21.7 Å². The minimum absolute atomic E-state index is 0.0120. The number of urea groups is 1. The summed E-state index contributed by atoms with van der Waals surface area (Å²) in [6.45, 7) is 8.37. The number of alkyl halides is 2. The third kappa shape index (κ3) is 8.78. The van der Waals surface area contributed by atoms with Gasteiger partial charge < -0.3 is 36.1 Å². The van der Waals surface area contributed by atoms with Crippen molar-refractivity contribution in [3.8, 4) is 0 Å². The number of ether oxygens (including phenoxy) is 2. The van der Waals surface area contributed by atoms with Crippen molar-refractivity contribution in [2.75, 3.05) is 19.8 Å². The normalized spacial score (nSPS) is 23.4. The molecule has 0 aromatic heterocycles. The zero-order chi connectivity index (χ0) is 34.1. The standard InChI is InChI=1S/C29H43Cl2N5O9/c1-14(37)44-12-28(6,13-45-15(2)38)35-26(43)34-22(27(3,4)5)25(42)36-11-17-19(29(17,30)31)20(36)24(41)33-18(21(39)23(32)40)10-16-8-7-9-16/h16-20,22H,7-13H2,1-6H3,(H2,32,40)(H,33,41)(H2,34,35,43)/t17-,18?,19-,20-,22+/m0/s1. The largest absolute Gasteiger partial charge is 0.463 e. The number of primary amides is 1. The molecule has 0 aromatic carbocycles. The Kier molecular flexibility index (Phi) is 11.1. The number of amides is 5. The fraction of sp³-hybridized carbons (Fsp3) is 0.759. The Morgan fingerprint density at radius 2 is 1.51 bits per heavy atom. The molecule has 0 bridgehead atoms. The Balaban J connectivity index is 1.82. The number of carbonyl (C=O) groups excluding carboxylic acids is 7. The summed E-state index contributed by atoms with van der Waals surface area (Å²) in [6.07, 6.45) is 2.92. The monoisotopic (exact) mass is 675 g/mol. The predicted octanol–water partition coefficient (Wildman–Crippen LogP) is 0.945. The molecule has 1 heterocycles. The van der Waals surface area contributed by atoms with Gasteiger partial charge in [-0.25, -0.2) is 4.79 Å². The number of nitrogens with zero attached hydrogens (tertiary/aromatic N) is 1. The molecule has 3 fully saturated rings. The molecule has 3 aliphatic rings. The molecule has 1 saturated heterocycles. The van der Waals surface area contributed by atoms with Crippen LogP contribution in [0.3, 0.4) is 0 Å². The molecule has 0 spiro atoms. The number of Topliss-reactive ketones (excluding diaryl/α,β-unsaturated/α-hetero) is 1. The number of carbonyl (C=O) groups is 7. The van der Waals surface area contributed by atoms with E-state index in [1.165, 1.54) is 25.7 Å². The SMILES string of the molecule is CC(=O)OCC(C)(COC(C)=O)NC(=O)N[C@H](C(=O)N1C[C@H]2[C@@H]([C@H]1C(=O)NC(CC1CCC1)C(=O)C(N)=O)C2(Cl)Cl)C(C)(C)C. The number of hydrogen-bond donors (Lipinski definition) is 4. The van der Waals surface area contributed by atoms with Gasteiger partial charge in [-0.1, -0.05) is 40.0 Å². The highest BCUT2D eigenvalue weighted by atomic mass is 35.5. The second-order valence-corrected chi connectivity index (χ2v) is 15.0. The van der Waals surface area contributed by atoms with Gasteiger partial charge in [-0.2, -0.15) is 0 Å². The van der Waals surface area contributed by atoms with Crippen molar-refractivity contribution in [3.05, 3.63) is 0 Å². The van der Waals surface area contributed by atoms with E-state index in [-0.39, 0.29) is 32.1 Å². The summed E-state index contributed by atoms with van der Waals surface area (Å²) in [5.74, 6) is -5.60. The summed E-state index contributed by atoms with van der Waals surface area (Å²) in [6, 6.07) is -4.36. The maximum atomic E-state index is 14.1. The van der Waals surface area contributed by atoms with Gasteiger partial charge in [0.15, 0.2) is 0 Å². The van der Waals surface area contributed by atoms with E-state index in [0.717, 1.165) is 19.3 Å². The number of hydrogen-bond acceptors (Lipinski definition) is 9. The third-order valence-corrected chi connectivity index (χ3v) is 9.61. The molecule has 14 nitrogen and oxygen atoms in total. The van der Waals surface area contributed by atoms with E-state index < -0.39 is 86.7 Å². The fourth-order valence-electron chi connectivity index (χ4n) is 5.75. The first-order valence-electron chi connectivity index (χ1n) is 14.9. The highest BCUT2D eigenvalue weighted by Gasteiger charge is 2.74. The molecule has 1 aliphatic heterocycles. The van der Waals surface area contributed by atoms with Crippen molar-refractivity contribution < 1.29 is 43.0 Å². The molecular formula is C29H43Cl2N5O9. The highest BCUT2D eigenvalue weighted by molar-refractivity contribution is 6.51. The lowest BCUT2D eigenvalue weighted by atomic mass is 9.80. The van der Waals surface area contributed by atoms with Gasteiger partial charge in [0.05, 0.1) is 6.04 Å². The van der Waals surface area contributed by atoms with Crippen molar-refractivity contribution >= 4 is 64.7 Å². The van der Waals surface area contributed by atoms with Crippen LogP contribution in [-0.2, 0) is 38.2 Å². The Bertz CT molecular complexity index is 1210. The first-order chi connectivity index (χ1) is 20.7. The van der Waals surface area contributed by atoms with Crippen LogP contribution in [0, 0.1) is 23.2 Å². The lowest BCUT2D eigenvalue weighted by molar-refractivity contribution is -0.147. The van der Waals surface area contributed by atoms with Gasteiger partial charge in [0.25, 0.3) is 5.91 Å². The molecule has 45 heavy (non-hydrogen) atoms. The van der Waals surface area contributed by atoms with Gasteiger partial charge in [-0.15, -0.1) is 23.2 Å². The number of halogens is 2. The molecule has 2 aliphatic carbocycles. The van der Waals surface area contributed by atoms with Crippen LogP contribution >= 0.6 is 23.2 Å². The smallest absolute Gasteiger partial charge is 0.316 e. The van der Waals surface area contributed by atoms with E-state index in [4.69, 9.17) is 38.4 Å². The molecule has 252 valence electrons. The van der Waals surface area contributed by atoms with Crippen LogP contribution in [0.25, 0.3) is 0 Å². The van der Waals surface area contributed by atoms with Crippen LogP contribution in [0.5, 0.6) is 0 Å². The summed E-state index contributed by atoms with van der Waals surface area (Å²) in [7, 11) is 0. The predicted molar refractivity (Wildman–Crippen MR) is 162 cm³/mol. The van der Waals surface area contributed by atoms with E-state index in [9.17, 15) is 33.6 Å². The van der Waals surface area contributed by atoms with Crippen LogP contribution in [-0.4, -0.2) is 94.1 Å². The summed E-state index contributed by atoms with van der Waals surface area (Å²) in [5, 5.41) is 7.90. The molecule has 5 amide bonds. The van der Waals surface area contributed by atoms with Gasteiger partial charge in [0.2, 0.25) is 17.6 Å². The van der Waals surface area contributed by atoms with Crippen molar-refractivity contribution in [1.29, 1.82) is 0 Å². The number of nitrogens with one attached hydrogen (secondary N) is 3. The number of ketones is 1. The number of fused-ring (bicyclic) bond motifs is 1. The van der Waals surface area contributed by atoms with Crippen LogP contribution in [0.15, 0.2) is 0 Å². The van der Waals surface area contributed by atoms with Crippen molar-refractivity contribution in [2.24, 2.45) is 28.9 Å². The van der Waals surface area contributed by atoms with Gasteiger partial charge >= 0.3 is 18.0 Å². The Morgan fingerprint density at radius 3 is 1.96 bits per heavy atom. The average Bonchev–Trinajstić information content (AvgIpc) is 3.20. The van der Waals surface area contributed by atoms with E-state index >= 15 is 0 Å². The Morgan fingerprint density at radius 1 is 0.956 bits per heavy atom. The average molecular weight is 677 g/mol. The molecule has 1 unspecified atom stereocenters. The third-order valence-electron chi connectivity index (χ3n) is 8.55. The van der Waals surface area contributed by atoms with Crippen molar-refractivity contribution in [3.63, 3.8) is 0 Å². The molecule has 5 atom stereocenters. The molecule has 5 N–H and O–H groups in total. The van der Waals surface area contributed by atoms with Crippen molar-refractivity contribution in [2.45, 2.75) is 95.2 Å². The molecule has 2 saturated carbocycles. The topological polar surface area (TPSA) is 203 Å². The molecule has 16 heteroatoms. The maximum absolute atomic E-state index is 14.1. The lowest BCUT2D eigenvalue weighted by Crippen LogP contribution is -2.63. The van der Waals surface area contributed by atoms with E-state index in [2.05, 4.69) is 16.0 Å². The number of piperidine rings is 1. The number of rotatable bonds is 13. The van der Waals surface area contributed by atoms with Crippen molar-refractivity contribution in [1.82, 2.24) is 20.9 Å².